The molecule has 1 heterocycles. The molecule has 1 aromatic rings. The zero-order valence-electron chi connectivity index (χ0n) is 10.7. The summed E-state index contributed by atoms with van der Waals surface area (Å²) in [6.45, 7) is 2.23. The summed E-state index contributed by atoms with van der Waals surface area (Å²) in [6, 6.07) is 8.96. The Bertz CT molecular complexity index is 463. The molecular formula is C14H17N3OS. The van der Waals surface area contributed by atoms with E-state index in [1.54, 1.807) is 24.3 Å². The first kappa shape index (κ1) is 13.9. The van der Waals surface area contributed by atoms with Gasteiger partial charge in [0.15, 0.2) is 0 Å². The Hall–Kier alpha value is -1.51. The number of hydrogen-bond acceptors (Lipinski definition) is 4. The number of amides is 1. The van der Waals surface area contributed by atoms with Gasteiger partial charge in [0.1, 0.15) is 0 Å². The van der Waals surface area contributed by atoms with E-state index in [-0.39, 0.29) is 5.91 Å². The van der Waals surface area contributed by atoms with Gasteiger partial charge < -0.3 is 10.6 Å². The Labute approximate surface area is 117 Å². The highest BCUT2D eigenvalue weighted by Crippen LogP contribution is 2.14. The average Bonchev–Trinajstić information content (AvgIpc) is 2.37. The van der Waals surface area contributed by atoms with E-state index in [9.17, 15) is 4.79 Å². The van der Waals surface area contributed by atoms with E-state index in [0.29, 0.717) is 12.0 Å². The summed E-state index contributed by atoms with van der Waals surface area (Å²) < 4.78 is 0. The lowest BCUT2D eigenvalue weighted by Gasteiger charge is -2.26. The molecule has 2 rings (SSSR count). The van der Waals surface area contributed by atoms with Crippen molar-refractivity contribution in [2.45, 2.75) is 6.42 Å². The third-order valence-electron chi connectivity index (χ3n) is 2.99. The predicted molar refractivity (Wildman–Crippen MR) is 78.1 cm³/mol. The predicted octanol–water partition coefficient (Wildman–Crippen LogP) is 1.84. The fraction of sp³-hybridized carbons (Fsp3) is 0.429. The molecule has 19 heavy (non-hydrogen) atoms. The number of thioether (sulfide) groups is 1. The van der Waals surface area contributed by atoms with Gasteiger partial charge in [0, 0.05) is 17.9 Å². The lowest BCUT2D eigenvalue weighted by atomic mass is 10.1. The van der Waals surface area contributed by atoms with Crippen LogP contribution >= 0.6 is 11.8 Å². The fourth-order valence-corrected chi connectivity index (χ4v) is 2.80. The van der Waals surface area contributed by atoms with Crippen LogP contribution in [-0.2, 0) is 4.79 Å². The first-order valence-corrected chi connectivity index (χ1v) is 7.52. The molecule has 1 aromatic carbocycles. The molecule has 0 aromatic heterocycles. The van der Waals surface area contributed by atoms with Crippen molar-refractivity contribution < 1.29 is 4.79 Å². The van der Waals surface area contributed by atoms with Crippen molar-refractivity contribution in [3.05, 3.63) is 29.8 Å². The van der Waals surface area contributed by atoms with Crippen LogP contribution in [0.3, 0.4) is 0 Å². The molecule has 0 aliphatic carbocycles. The Morgan fingerprint density at radius 1 is 1.42 bits per heavy atom. The van der Waals surface area contributed by atoms with Crippen LogP contribution in [0.4, 0.5) is 5.69 Å². The average molecular weight is 275 g/mol. The number of nitrogens with zero attached hydrogens (tertiary/aromatic N) is 1. The highest BCUT2D eigenvalue weighted by Gasteiger charge is 2.16. The minimum Gasteiger partial charge on any atom is -0.326 e. The van der Waals surface area contributed by atoms with E-state index in [2.05, 4.69) is 10.6 Å². The van der Waals surface area contributed by atoms with Crippen molar-refractivity contribution in [1.82, 2.24) is 5.32 Å². The van der Waals surface area contributed by atoms with Gasteiger partial charge in [-0.3, -0.25) is 4.79 Å². The number of nitrogens with one attached hydrogen (secondary N) is 2. The molecule has 0 radical (unpaired) electrons. The number of benzene rings is 1. The van der Waals surface area contributed by atoms with Gasteiger partial charge in [-0.25, -0.2) is 0 Å². The van der Waals surface area contributed by atoms with Crippen LogP contribution in [0.15, 0.2) is 24.3 Å². The number of carbonyl (C=O) groups is 1. The second-order valence-electron chi connectivity index (χ2n) is 4.59. The number of carbonyl (C=O) groups excluding carboxylic acids is 1. The SMILES string of the molecule is N#Cc1ccc(NC(=O)CCSCC2CNC2)cc1. The van der Waals surface area contributed by atoms with Crippen LogP contribution in [-0.4, -0.2) is 30.5 Å². The smallest absolute Gasteiger partial charge is 0.225 e. The topological polar surface area (TPSA) is 64.9 Å². The van der Waals surface area contributed by atoms with E-state index in [4.69, 9.17) is 5.26 Å². The van der Waals surface area contributed by atoms with Crippen LogP contribution in [0, 0.1) is 17.2 Å². The standard InChI is InChI=1S/C14H17N3OS/c15-7-11-1-3-13(4-2-11)17-14(18)5-6-19-10-12-8-16-9-12/h1-4,12,16H,5-6,8-10H2,(H,17,18). The quantitative estimate of drug-likeness (QED) is 0.778. The Morgan fingerprint density at radius 2 is 2.16 bits per heavy atom. The zero-order chi connectivity index (χ0) is 13.5. The van der Waals surface area contributed by atoms with Crippen molar-refractivity contribution >= 4 is 23.4 Å². The lowest BCUT2D eigenvalue weighted by Crippen LogP contribution is -2.43. The summed E-state index contributed by atoms with van der Waals surface area (Å²) in [5, 5.41) is 14.8. The molecular weight excluding hydrogens is 258 g/mol. The van der Waals surface area contributed by atoms with Gasteiger partial charge in [0.25, 0.3) is 0 Å². The minimum absolute atomic E-state index is 0.0314. The van der Waals surface area contributed by atoms with Crippen molar-refractivity contribution in [2.24, 2.45) is 5.92 Å². The Kier molecular flexibility index (Phi) is 5.25. The van der Waals surface area contributed by atoms with E-state index < -0.39 is 0 Å². The first-order valence-electron chi connectivity index (χ1n) is 6.36. The zero-order valence-corrected chi connectivity index (χ0v) is 11.5. The van der Waals surface area contributed by atoms with Crippen LogP contribution < -0.4 is 10.6 Å². The molecule has 1 amide bonds. The van der Waals surface area contributed by atoms with Gasteiger partial charge in [-0.1, -0.05) is 0 Å². The molecule has 100 valence electrons. The summed E-state index contributed by atoms with van der Waals surface area (Å²) in [4.78, 5) is 11.7. The van der Waals surface area contributed by atoms with Crippen LogP contribution in [0.2, 0.25) is 0 Å². The molecule has 4 nitrogen and oxygen atoms in total. The van der Waals surface area contributed by atoms with Gasteiger partial charge in [-0.05, 0) is 49.0 Å². The monoisotopic (exact) mass is 275 g/mol. The third kappa shape index (κ3) is 4.58. The highest BCUT2D eigenvalue weighted by atomic mass is 32.2. The Balaban J connectivity index is 1.64. The molecule has 0 spiro atoms. The van der Waals surface area contributed by atoms with Gasteiger partial charge >= 0.3 is 0 Å². The molecule has 1 aliphatic rings. The second kappa shape index (κ2) is 7.17. The number of hydrogen-bond donors (Lipinski definition) is 2. The van der Waals surface area contributed by atoms with Gasteiger partial charge in [0.05, 0.1) is 11.6 Å². The Morgan fingerprint density at radius 3 is 2.74 bits per heavy atom. The molecule has 0 atom stereocenters. The summed E-state index contributed by atoms with van der Waals surface area (Å²) in [5.41, 5.74) is 1.35. The van der Waals surface area contributed by atoms with Crippen molar-refractivity contribution in [3.63, 3.8) is 0 Å². The van der Waals surface area contributed by atoms with Gasteiger partial charge in [-0.2, -0.15) is 17.0 Å². The molecule has 1 saturated heterocycles. The molecule has 0 unspecified atom stereocenters. The van der Waals surface area contributed by atoms with Crippen LogP contribution in [0.25, 0.3) is 0 Å². The van der Waals surface area contributed by atoms with Crippen molar-refractivity contribution in [3.8, 4) is 6.07 Å². The van der Waals surface area contributed by atoms with Gasteiger partial charge in [0.2, 0.25) is 5.91 Å². The molecule has 0 bridgehead atoms. The molecule has 5 heteroatoms. The van der Waals surface area contributed by atoms with E-state index in [1.165, 1.54) is 0 Å². The number of nitriles is 1. The number of rotatable bonds is 6. The normalized spacial score (nSPS) is 14.5. The van der Waals surface area contributed by atoms with E-state index in [1.807, 2.05) is 17.8 Å². The third-order valence-corrected chi connectivity index (χ3v) is 4.19. The summed E-state index contributed by atoms with van der Waals surface area (Å²) in [7, 11) is 0. The highest BCUT2D eigenvalue weighted by molar-refractivity contribution is 7.99. The maximum atomic E-state index is 11.7. The largest absolute Gasteiger partial charge is 0.326 e. The molecule has 0 saturated carbocycles. The first-order chi connectivity index (χ1) is 9.28. The molecule has 2 N–H and O–H groups in total. The molecule has 1 fully saturated rings. The summed E-state index contributed by atoms with van der Waals surface area (Å²) in [5.74, 6) is 2.81. The van der Waals surface area contributed by atoms with Crippen molar-refractivity contribution in [1.29, 1.82) is 5.26 Å². The fourth-order valence-electron chi connectivity index (χ4n) is 1.73. The van der Waals surface area contributed by atoms with Crippen LogP contribution in [0.1, 0.15) is 12.0 Å². The van der Waals surface area contributed by atoms with Crippen LogP contribution in [0.5, 0.6) is 0 Å². The second-order valence-corrected chi connectivity index (χ2v) is 5.74. The van der Waals surface area contributed by atoms with Crippen molar-refractivity contribution in [2.75, 3.05) is 29.9 Å². The maximum Gasteiger partial charge on any atom is 0.225 e. The van der Waals surface area contributed by atoms with E-state index >= 15 is 0 Å². The minimum atomic E-state index is 0.0314. The number of anilines is 1. The van der Waals surface area contributed by atoms with Gasteiger partial charge in [-0.15, -0.1) is 0 Å². The maximum absolute atomic E-state index is 11.7. The van der Waals surface area contributed by atoms with E-state index in [0.717, 1.165) is 36.2 Å². The summed E-state index contributed by atoms with van der Waals surface area (Å²) >= 11 is 1.84. The summed E-state index contributed by atoms with van der Waals surface area (Å²) in [6.07, 6.45) is 0.533. The molecule has 1 aliphatic heterocycles. The lowest BCUT2D eigenvalue weighted by molar-refractivity contribution is -0.115.